The number of phenolic OH excluding ortho intramolecular Hbond substituents is 2. The minimum atomic E-state index is -1.08. The van der Waals surface area contributed by atoms with Gasteiger partial charge in [-0.25, -0.2) is 0 Å². The number of phenols is 2. The molecule has 0 spiro atoms. The molecule has 3 aromatic carbocycles. The fourth-order valence-corrected chi connectivity index (χ4v) is 3.45. The summed E-state index contributed by atoms with van der Waals surface area (Å²) in [5, 5.41) is 38.6. The molecule has 9 heteroatoms. The predicted octanol–water partition coefficient (Wildman–Crippen LogP) is 3.85. The summed E-state index contributed by atoms with van der Waals surface area (Å²) in [7, 11) is 0. The number of aliphatic carboxylic acids is 2. The van der Waals surface area contributed by atoms with Gasteiger partial charge in [-0.15, -0.1) is 0 Å². The Balaban J connectivity index is 0.00000142. The molecule has 8 nitrogen and oxygen atoms in total. The van der Waals surface area contributed by atoms with Crippen LogP contribution in [0.15, 0.2) is 58.5 Å². The number of aryl methyl sites for hydroxylation is 4. The average Bonchev–Trinajstić information content (AvgIpc) is 2.84. The van der Waals surface area contributed by atoms with E-state index in [-0.39, 0.29) is 28.3 Å². The van der Waals surface area contributed by atoms with Crippen LogP contribution in [0.5, 0.6) is 11.5 Å². The molecule has 3 rings (SSSR count). The molecule has 0 unspecified atom stereocenters. The van der Waals surface area contributed by atoms with Crippen LogP contribution in [-0.4, -0.2) is 34.6 Å². The van der Waals surface area contributed by atoms with E-state index in [2.05, 4.69) is 9.98 Å². The molecule has 0 bridgehead atoms. The van der Waals surface area contributed by atoms with Crippen LogP contribution in [0.25, 0.3) is 0 Å². The first kappa shape index (κ1) is 35.0. The number of carbonyl (C=O) groups excluding carboxylic acids is 2. The number of hydrogen-bond donors (Lipinski definition) is 2. The summed E-state index contributed by atoms with van der Waals surface area (Å²) >= 11 is 0. The summed E-state index contributed by atoms with van der Waals surface area (Å²) < 4.78 is 0. The molecule has 39 heavy (non-hydrogen) atoms. The van der Waals surface area contributed by atoms with E-state index in [0.29, 0.717) is 11.1 Å². The predicted molar refractivity (Wildman–Crippen MR) is 147 cm³/mol. The van der Waals surface area contributed by atoms with Crippen molar-refractivity contribution in [3.63, 3.8) is 0 Å². The van der Waals surface area contributed by atoms with Gasteiger partial charge in [0.1, 0.15) is 11.5 Å². The number of carbonyl (C=O) groups is 2. The Labute approximate surface area is 240 Å². The minimum absolute atomic E-state index is 0. The molecule has 209 valence electrons. The zero-order valence-corrected chi connectivity index (χ0v) is 24.0. The standard InChI is InChI=1S/C26H28N2O2.2C2H4O2.Co/c1-5-19-10-17(3)12-21(25(19)29)15-27-23-8-7-9-24(14-23)28-16-22-13-18(4)11-20(6-2)26(22)30;2*1-2(3)4;/h7-16,29-30H,5-6H2,1-4H3;2*1H3,(H,3,4);/q;;;+2/p-2. The second-order valence-corrected chi connectivity index (χ2v) is 8.45. The molecular formula is C30H34CoN2O6. The van der Waals surface area contributed by atoms with Gasteiger partial charge in [0.25, 0.3) is 0 Å². The molecule has 0 saturated carbocycles. The minimum Gasteiger partial charge on any atom is -0.550 e. The van der Waals surface area contributed by atoms with Crippen molar-refractivity contribution in [2.75, 3.05) is 0 Å². The van der Waals surface area contributed by atoms with Crippen LogP contribution in [0, 0.1) is 13.8 Å². The number of benzene rings is 3. The molecule has 0 atom stereocenters. The zero-order valence-electron chi connectivity index (χ0n) is 22.9. The van der Waals surface area contributed by atoms with Gasteiger partial charge in [-0.1, -0.05) is 32.0 Å². The van der Waals surface area contributed by atoms with Gasteiger partial charge in [-0.2, -0.15) is 0 Å². The number of aromatic hydroxyl groups is 2. The van der Waals surface area contributed by atoms with Crippen molar-refractivity contribution in [3.8, 4) is 11.5 Å². The van der Waals surface area contributed by atoms with Gasteiger partial charge in [0.05, 0.1) is 11.4 Å². The van der Waals surface area contributed by atoms with Crippen LogP contribution in [-0.2, 0) is 39.2 Å². The van der Waals surface area contributed by atoms with Gasteiger partial charge in [0.2, 0.25) is 0 Å². The summed E-state index contributed by atoms with van der Waals surface area (Å²) in [6.07, 6.45) is 4.91. The molecule has 2 N–H and O–H groups in total. The summed E-state index contributed by atoms with van der Waals surface area (Å²) in [4.78, 5) is 26.8. The Morgan fingerprint density at radius 1 is 0.744 bits per heavy atom. The van der Waals surface area contributed by atoms with Crippen molar-refractivity contribution in [1.29, 1.82) is 0 Å². The largest absolute Gasteiger partial charge is 2.00 e. The topological polar surface area (TPSA) is 145 Å². The molecule has 0 aliphatic carbocycles. The van der Waals surface area contributed by atoms with Gasteiger partial charge in [0, 0.05) is 35.5 Å². The summed E-state index contributed by atoms with van der Waals surface area (Å²) in [6, 6.07) is 15.4. The Bertz CT molecular complexity index is 1210. The first-order chi connectivity index (χ1) is 17.9. The molecule has 0 fully saturated rings. The number of carboxylic acid groups (broad SMARTS) is 2. The summed E-state index contributed by atoms with van der Waals surface area (Å²) in [5.41, 5.74) is 6.91. The van der Waals surface area contributed by atoms with E-state index in [1.807, 2.05) is 76.2 Å². The molecule has 0 aromatic heterocycles. The monoisotopic (exact) mass is 577 g/mol. The third-order valence-electron chi connectivity index (χ3n) is 5.02. The normalized spacial score (nSPS) is 10.2. The Kier molecular flexibility index (Phi) is 15.8. The van der Waals surface area contributed by atoms with Crippen molar-refractivity contribution in [2.24, 2.45) is 9.98 Å². The number of hydrogen-bond acceptors (Lipinski definition) is 8. The quantitative estimate of drug-likeness (QED) is 0.426. The maximum absolute atomic E-state index is 10.4. The molecule has 0 amide bonds. The molecule has 0 aliphatic heterocycles. The van der Waals surface area contributed by atoms with Gasteiger partial charge in [-0.05, 0) is 93.1 Å². The van der Waals surface area contributed by atoms with Crippen molar-refractivity contribution < 1.29 is 46.8 Å². The zero-order chi connectivity index (χ0) is 28.8. The first-order valence-corrected chi connectivity index (χ1v) is 12.1. The fraction of sp³-hybridized carbons (Fsp3) is 0.267. The number of nitrogens with zero attached hydrogens (tertiary/aromatic N) is 2. The van der Waals surface area contributed by atoms with Crippen LogP contribution in [0.4, 0.5) is 11.4 Å². The van der Waals surface area contributed by atoms with E-state index in [1.54, 1.807) is 12.4 Å². The summed E-state index contributed by atoms with van der Waals surface area (Å²) in [6.45, 7) is 10.0. The van der Waals surface area contributed by atoms with Gasteiger partial charge < -0.3 is 30.0 Å². The average molecular weight is 578 g/mol. The van der Waals surface area contributed by atoms with Gasteiger partial charge in [-0.3, -0.25) is 9.98 Å². The van der Waals surface area contributed by atoms with Crippen LogP contribution >= 0.6 is 0 Å². The van der Waals surface area contributed by atoms with E-state index < -0.39 is 11.9 Å². The van der Waals surface area contributed by atoms with Crippen LogP contribution in [0.3, 0.4) is 0 Å². The van der Waals surface area contributed by atoms with Gasteiger partial charge >= 0.3 is 16.8 Å². The SMILES string of the molecule is CC(=O)[O-].CC(=O)[O-].CCc1cc(C)cc(C=Nc2cccc(N=Cc3cc(C)cc(CC)c3O)c2)c1O.[Co+2]. The molecule has 1 radical (unpaired) electrons. The second kappa shape index (κ2) is 17.5. The van der Waals surface area contributed by atoms with Crippen LogP contribution < -0.4 is 10.2 Å². The van der Waals surface area contributed by atoms with Crippen molar-refractivity contribution >= 4 is 35.7 Å². The number of rotatable bonds is 6. The molecule has 0 saturated heterocycles. The number of carboxylic acids is 2. The molecule has 0 aliphatic rings. The third kappa shape index (κ3) is 12.9. The van der Waals surface area contributed by atoms with Crippen molar-refractivity contribution in [1.82, 2.24) is 0 Å². The smallest absolute Gasteiger partial charge is 0.550 e. The van der Waals surface area contributed by atoms with Crippen molar-refractivity contribution in [3.05, 3.63) is 81.9 Å². The van der Waals surface area contributed by atoms with E-state index in [1.165, 1.54) is 0 Å². The van der Waals surface area contributed by atoms with E-state index >= 15 is 0 Å². The van der Waals surface area contributed by atoms with Crippen LogP contribution in [0.2, 0.25) is 0 Å². The third-order valence-corrected chi connectivity index (χ3v) is 5.02. The Morgan fingerprint density at radius 3 is 1.38 bits per heavy atom. The van der Waals surface area contributed by atoms with E-state index in [4.69, 9.17) is 19.8 Å². The summed E-state index contributed by atoms with van der Waals surface area (Å²) in [5.74, 6) is -1.61. The Morgan fingerprint density at radius 2 is 1.08 bits per heavy atom. The van der Waals surface area contributed by atoms with Crippen molar-refractivity contribution in [2.45, 2.75) is 54.4 Å². The van der Waals surface area contributed by atoms with E-state index in [9.17, 15) is 10.2 Å². The second-order valence-electron chi connectivity index (χ2n) is 8.45. The first-order valence-electron chi connectivity index (χ1n) is 12.1. The van der Waals surface area contributed by atoms with Crippen LogP contribution in [0.1, 0.15) is 61.1 Å². The van der Waals surface area contributed by atoms with E-state index in [0.717, 1.165) is 60.3 Å². The molecule has 0 heterocycles. The fourth-order valence-electron chi connectivity index (χ4n) is 3.45. The number of aliphatic imine (C=N–C) groups is 2. The molecule has 3 aromatic rings. The van der Waals surface area contributed by atoms with Gasteiger partial charge in [0.15, 0.2) is 0 Å². The Hall–Kier alpha value is -3.95. The maximum Gasteiger partial charge on any atom is 2.00 e. The maximum atomic E-state index is 10.4. The molecular weight excluding hydrogens is 543 g/mol.